The van der Waals surface area contributed by atoms with E-state index in [4.69, 9.17) is 4.42 Å². The lowest BCUT2D eigenvalue weighted by Crippen LogP contribution is -2.44. The van der Waals surface area contributed by atoms with Gasteiger partial charge in [-0.25, -0.2) is 0 Å². The van der Waals surface area contributed by atoms with Gasteiger partial charge in [-0.05, 0) is 42.7 Å². The maximum atomic E-state index is 12.5. The summed E-state index contributed by atoms with van der Waals surface area (Å²) < 4.78 is 5.64. The van der Waals surface area contributed by atoms with Gasteiger partial charge in [-0.1, -0.05) is 48.5 Å². The molecule has 3 aromatic rings. The molecule has 0 bridgehead atoms. The van der Waals surface area contributed by atoms with Crippen LogP contribution in [-0.4, -0.2) is 24.9 Å². The normalized spacial score (nSPS) is 14.6. The third kappa shape index (κ3) is 4.22. The Balaban J connectivity index is 1.42. The van der Waals surface area contributed by atoms with Crippen LogP contribution in [0.2, 0.25) is 0 Å². The Bertz CT molecular complexity index is 1000. The van der Waals surface area contributed by atoms with Crippen LogP contribution in [0, 0.1) is 0 Å². The molecule has 0 unspecified atom stereocenters. The quantitative estimate of drug-likeness (QED) is 0.619. The molecule has 1 aliphatic heterocycles. The Hall–Kier alpha value is -3.54. The molecule has 2 atom stereocenters. The molecule has 0 radical (unpaired) electrons. The molecule has 2 N–H and O–H groups in total. The Labute approximate surface area is 175 Å². The molecule has 6 nitrogen and oxygen atoms in total. The zero-order valence-electron chi connectivity index (χ0n) is 16.9. The fourth-order valence-corrected chi connectivity index (χ4v) is 3.89. The predicted molar refractivity (Wildman–Crippen MR) is 115 cm³/mol. The smallest absolute Gasteiger partial charge is 0.309 e. The number of furan rings is 1. The van der Waals surface area contributed by atoms with Gasteiger partial charge in [-0.3, -0.25) is 9.59 Å². The summed E-state index contributed by atoms with van der Waals surface area (Å²) in [5.74, 6) is -0.543. The van der Waals surface area contributed by atoms with E-state index in [0.29, 0.717) is 0 Å². The van der Waals surface area contributed by atoms with Gasteiger partial charge in [0.05, 0.1) is 12.3 Å². The molecule has 2 amide bonds. The zero-order chi connectivity index (χ0) is 20.9. The summed E-state index contributed by atoms with van der Waals surface area (Å²) in [6.45, 7) is 2.96. The van der Waals surface area contributed by atoms with E-state index < -0.39 is 11.8 Å². The second-order valence-electron chi connectivity index (χ2n) is 7.42. The summed E-state index contributed by atoms with van der Waals surface area (Å²) in [4.78, 5) is 27.1. The maximum absolute atomic E-state index is 12.5. The SMILES string of the molecule is C[C@@H](NC(=O)C(=O)NC[C@H](c1ccco1)N1CCc2ccccc21)c1ccccc1. The topological polar surface area (TPSA) is 74.6 Å². The molecule has 2 heterocycles. The minimum absolute atomic E-state index is 0.188. The van der Waals surface area contributed by atoms with E-state index in [9.17, 15) is 9.59 Å². The first-order valence-corrected chi connectivity index (χ1v) is 10.1. The third-order valence-electron chi connectivity index (χ3n) is 5.48. The summed E-state index contributed by atoms with van der Waals surface area (Å²) in [6.07, 6.45) is 2.57. The summed E-state index contributed by atoms with van der Waals surface area (Å²) in [5, 5.41) is 5.53. The van der Waals surface area contributed by atoms with E-state index in [2.05, 4.69) is 27.7 Å². The molecule has 1 aromatic heterocycles. The van der Waals surface area contributed by atoms with Gasteiger partial charge in [0.15, 0.2) is 0 Å². The monoisotopic (exact) mass is 403 g/mol. The van der Waals surface area contributed by atoms with Crippen molar-refractivity contribution in [3.8, 4) is 0 Å². The number of carbonyl (C=O) groups is 2. The first-order chi connectivity index (χ1) is 14.6. The van der Waals surface area contributed by atoms with E-state index in [1.165, 1.54) is 5.56 Å². The van der Waals surface area contributed by atoms with Crippen molar-refractivity contribution in [3.63, 3.8) is 0 Å². The number of benzene rings is 2. The van der Waals surface area contributed by atoms with E-state index in [1.807, 2.05) is 61.5 Å². The molecule has 30 heavy (non-hydrogen) atoms. The van der Waals surface area contributed by atoms with Crippen LogP contribution < -0.4 is 15.5 Å². The third-order valence-corrected chi connectivity index (χ3v) is 5.48. The number of carbonyl (C=O) groups excluding carboxylic acids is 2. The van der Waals surface area contributed by atoms with Gasteiger partial charge < -0.3 is 20.0 Å². The van der Waals surface area contributed by atoms with Crippen LogP contribution in [0.4, 0.5) is 5.69 Å². The number of para-hydroxylation sites is 1. The minimum atomic E-state index is -0.651. The number of hydrogen-bond donors (Lipinski definition) is 2. The first kappa shape index (κ1) is 19.8. The summed E-state index contributed by atoms with van der Waals surface area (Å²) >= 11 is 0. The van der Waals surface area contributed by atoms with E-state index >= 15 is 0 Å². The van der Waals surface area contributed by atoms with Crippen molar-refractivity contribution in [1.29, 1.82) is 0 Å². The summed E-state index contributed by atoms with van der Waals surface area (Å²) in [7, 11) is 0. The second kappa shape index (κ2) is 8.86. The van der Waals surface area contributed by atoms with Crippen LogP contribution in [0.3, 0.4) is 0 Å². The molecule has 1 aliphatic rings. The van der Waals surface area contributed by atoms with Gasteiger partial charge in [0.25, 0.3) is 0 Å². The van der Waals surface area contributed by atoms with Crippen LogP contribution in [0.15, 0.2) is 77.4 Å². The molecule has 4 rings (SSSR count). The minimum Gasteiger partial charge on any atom is -0.467 e. The van der Waals surface area contributed by atoms with Crippen LogP contribution in [0.5, 0.6) is 0 Å². The molecule has 6 heteroatoms. The summed E-state index contributed by atoms with van der Waals surface area (Å²) in [6, 6.07) is 21.1. The fourth-order valence-electron chi connectivity index (χ4n) is 3.89. The van der Waals surface area contributed by atoms with E-state index in [1.54, 1.807) is 6.26 Å². The fraction of sp³-hybridized carbons (Fsp3) is 0.250. The van der Waals surface area contributed by atoms with Gasteiger partial charge in [-0.15, -0.1) is 0 Å². The van der Waals surface area contributed by atoms with Gasteiger partial charge in [-0.2, -0.15) is 0 Å². The van der Waals surface area contributed by atoms with Gasteiger partial charge in [0.2, 0.25) is 0 Å². The number of rotatable bonds is 6. The largest absolute Gasteiger partial charge is 0.467 e. The van der Waals surface area contributed by atoms with Crippen molar-refractivity contribution in [2.75, 3.05) is 18.0 Å². The highest BCUT2D eigenvalue weighted by molar-refractivity contribution is 6.35. The van der Waals surface area contributed by atoms with Crippen molar-refractivity contribution >= 4 is 17.5 Å². The molecule has 154 valence electrons. The predicted octanol–water partition coefficient (Wildman–Crippen LogP) is 3.38. The highest BCUT2D eigenvalue weighted by Gasteiger charge is 2.29. The highest BCUT2D eigenvalue weighted by Crippen LogP contribution is 2.34. The Kier molecular flexibility index (Phi) is 5.84. The lowest BCUT2D eigenvalue weighted by molar-refractivity contribution is -0.139. The standard InChI is InChI=1S/C24H25N3O3/c1-17(18-8-3-2-4-9-18)26-24(29)23(28)25-16-21(22-12-7-15-30-22)27-14-13-19-10-5-6-11-20(19)27/h2-12,15,17,21H,13-14,16H2,1H3,(H,25,28)(H,26,29)/t17-,21-/m1/s1. The van der Waals surface area contributed by atoms with Gasteiger partial charge in [0.1, 0.15) is 11.8 Å². The van der Waals surface area contributed by atoms with Crippen LogP contribution in [0.1, 0.15) is 35.9 Å². The second-order valence-corrected chi connectivity index (χ2v) is 7.42. The van der Waals surface area contributed by atoms with Crippen LogP contribution in [0.25, 0.3) is 0 Å². The van der Waals surface area contributed by atoms with Crippen LogP contribution in [-0.2, 0) is 16.0 Å². The average molecular weight is 403 g/mol. The Morgan fingerprint density at radius 1 is 1.00 bits per heavy atom. The van der Waals surface area contributed by atoms with Crippen molar-refractivity contribution in [1.82, 2.24) is 10.6 Å². The van der Waals surface area contributed by atoms with E-state index in [0.717, 1.165) is 30.0 Å². The van der Waals surface area contributed by atoms with Crippen LogP contribution >= 0.6 is 0 Å². The molecular weight excluding hydrogens is 378 g/mol. The van der Waals surface area contributed by atoms with E-state index in [-0.39, 0.29) is 18.6 Å². The number of nitrogens with one attached hydrogen (secondary N) is 2. The summed E-state index contributed by atoms with van der Waals surface area (Å²) in [5.41, 5.74) is 3.35. The first-order valence-electron chi connectivity index (χ1n) is 10.1. The number of fused-ring (bicyclic) bond motifs is 1. The van der Waals surface area contributed by atoms with Crippen molar-refractivity contribution in [2.45, 2.75) is 25.4 Å². The van der Waals surface area contributed by atoms with Gasteiger partial charge >= 0.3 is 11.8 Å². The Morgan fingerprint density at radius 2 is 1.77 bits per heavy atom. The number of amides is 2. The molecular formula is C24H25N3O3. The molecule has 0 aliphatic carbocycles. The molecule has 0 saturated carbocycles. The Morgan fingerprint density at radius 3 is 2.53 bits per heavy atom. The van der Waals surface area contributed by atoms with Gasteiger partial charge in [0, 0.05) is 18.8 Å². The highest BCUT2D eigenvalue weighted by atomic mass is 16.3. The number of hydrogen-bond acceptors (Lipinski definition) is 4. The lowest BCUT2D eigenvalue weighted by Gasteiger charge is -2.29. The molecule has 0 spiro atoms. The average Bonchev–Trinajstić information content (AvgIpc) is 3.45. The molecule has 0 fully saturated rings. The molecule has 2 aromatic carbocycles. The van der Waals surface area contributed by atoms with Crippen molar-refractivity contribution in [2.24, 2.45) is 0 Å². The number of anilines is 1. The number of nitrogens with zero attached hydrogens (tertiary/aromatic N) is 1. The lowest BCUT2D eigenvalue weighted by atomic mass is 10.1. The maximum Gasteiger partial charge on any atom is 0.309 e. The van der Waals surface area contributed by atoms with Crippen molar-refractivity contribution < 1.29 is 14.0 Å². The zero-order valence-corrected chi connectivity index (χ0v) is 16.9. The van der Waals surface area contributed by atoms with Crippen molar-refractivity contribution in [3.05, 3.63) is 89.9 Å². The molecule has 0 saturated heterocycles.